The van der Waals surface area contributed by atoms with Crippen LogP contribution in [0.25, 0.3) is 0 Å². The Balaban J connectivity index is 2.28. The highest BCUT2D eigenvalue weighted by Crippen LogP contribution is 2.14. The summed E-state index contributed by atoms with van der Waals surface area (Å²) in [4.78, 5) is 0. The number of benzene rings is 1. The quantitative estimate of drug-likeness (QED) is 0.726. The molecule has 1 aromatic rings. The molecule has 0 fully saturated rings. The van der Waals surface area contributed by atoms with Gasteiger partial charge in [0.05, 0.1) is 0 Å². The summed E-state index contributed by atoms with van der Waals surface area (Å²) in [5, 5.41) is 0. The largest absolute Gasteiger partial charge is 0.153 e. The first-order valence-corrected chi connectivity index (χ1v) is 5.79. The van der Waals surface area contributed by atoms with Crippen molar-refractivity contribution in [1.82, 2.24) is 0 Å². The molecule has 0 radical (unpaired) electrons. The average Bonchev–Trinajstić information content (AvgIpc) is 2.19. The highest BCUT2D eigenvalue weighted by molar-refractivity contribution is 7.98. The molecule has 0 N–H and O–H groups in total. The van der Waals surface area contributed by atoms with Crippen LogP contribution >= 0.6 is 23.4 Å². The molecule has 13 heavy (non-hydrogen) atoms. The van der Waals surface area contributed by atoms with Crippen molar-refractivity contribution in [2.24, 2.45) is 0 Å². The number of thioether (sulfide) groups is 1. The van der Waals surface area contributed by atoms with Gasteiger partial charge >= 0.3 is 0 Å². The van der Waals surface area contributed by atoms with Gasteiger partial charge in [-0.25, -0.2) is 0 Å². The minimum Gasteiger partial charge on any atom is -0.153 e. The number of hydrogen-bond acceptors (Lipinski definition) is 1. The van der Waals surface area contributed by atoms with Gasteiger partial charge in [-0.3, -0.25) is 0 Å². The van der Waals surface area contributed by atoms with Crippen LogP contribution in [-0.2, 0) is 5.75 Å². The first-order chi connectivity index (χ1) is 6.33. The van der Waals surface area contributed by atoms with Crippen molar-refractivity contribution in [3.05, 3.63) is 47.0 Å². The standard InChI is InChI=1S/C11H13ClS/c1-10(7-12)8-13-9-11-5-3-2-4-6-11/h2-7H,8-9H2,1H3/b10-7+. The second kappa shape index (κ2) is 6.11. The molecule has 0 unspecified atom stereocenters. The molecule has 2 heteroatoms. The minimum atomic E-state index is 1.01. The summed E-state index contributed by atoms with van der Waals surface area (Å²) in [7, 11) is 0. The summed E-state index contributed by atoms with van der Waals surface area (Å²) in [5.74, 6) is 2.07. The summed E-state index contributed by atoms with van der Waals surface area (Å²) < 4.78 is 0. The van der Waals surface area contributed by atoms with Crippen molar-refractivity contribution in [3.8, 4) is 0 Å². The third-order valence-electron chi connectivity index (χ3n) is 1.63. The van der Waals surface area contributed by atoms with E-state index in [2.05, 4.69) is 24.3 Å². The van der Waals surface area contributed by atoms with Crippen molar-refractivity contribution < 1.29 is 0 Å². The number of hydrogen-bond donors (Lipinski definition) is 0. The van der Waals surface area contributed by atoms with E-state index in [9.17, 15) is 0 Å². The monoisotopic (exact) mass is 212 g/mol. The zero-order valence-corrected chi connectivity index (χ0v) is 9.24. The lowest BCUT2D eigenvalue weighted by molar-refractivity contribution is 1.38. The Morgan fingerprint density at radius 2 is 2.08 bits per heavy atom. The molecule has 0 bridgehead atoms. The van der Waals surface area contributed by atoms with E-state index in [1.165, 1.54) is 11.1 Å². The molecule has 1 aromatic carbocycles. The normalized spacial score (nSPS) is 11.7. The number of rotatable bonds is 4. The van der Waals surface area contributed by atoms with Gasteiger partial charge in [-0.2, -0.15) is 11.8 Å². The van der Waals surface area contributed by atoms with Crippen LogP contribution in [0.2, 0.25) is 0 Å². The van der Waals surface area contributed by atoms with Gasteiger partial charge in [0.15, 0.2) is 0 Å². The van der Waals surface area contributed by atoms with E-state index >= 15 is 0 Å². The van der Waals surface area contributed by atoms with Crippen LogP contribution in [0.1, 0.15) is 12.5 Å². The van der Waals surface area contributed by atoms with Crippen LogP contribution in [-0.4, -0.2) is 5.75 Å². The van der Waals surface area contributed by atoms with E-state index in [-0.39, 0.29) is 0 Å². The summed E-state index contributed by atoms with van der Waals surface area (Å²) in [6.07, 6.45) is 0. The zero-order chi connectivity index (χ0) is 9.52. The minimum absolute atomic E-state index is 1.01. The molecule has 0 nitrogen and oxygen atoms in total. The van der Waals surface area contributed by atoms with E-state index in [1.54, 1.807) is 5.54 Å². The first kappa shape index (κ1) is 10.7. The van der Waals surface area contributed by atoms with E-state index in [0.717, 1.165) is 11.5 Å². The van der Waals surface area contributed by atoms with Crippen molar-refractivity contribution in [2.45, 2.75) is 12.7 Å². The molecule has 0 spiro atoms. The Hall–Kier alpha value is -0.400. The molecule has 0 amide bonds. The van der Waals surface area contributed by atoms with Gasteiger partial charge in [0.25, 0.3) is 0 Å². The molecule has 0 aliphatic heterocycles. The maximum absolute atomic E-state index is 5.56. The summed E-state index contributed by atoms with van der Waals surface area (Å²) >= 11 is 7.44. The molecule has 0 saturated carbocycles. The summed E-state index contributed by atoms with van der Waals surface area (Å²) in [6, 6.07) is 10.5. The molecule has 1 rings (SSSR count). The molecule has 0 aliphatic rings. The van der Waals surface area contributed by atoms with Gasteiger partial charge in [-0.1, -0.05) is 47.5 Å². The number of halogens is 1. The summed E-state index contributed by atoms with van der Waals surface area (Å²) in [5.41, 5.74) is 4.25. The van der Waals surface area contributed by atoms with Gasteiger partial charge in [0, 0.05) is 17.0 Å². The Kier molecular flexibility index (Phi) is 5.02. The lowest BCUT2D eigenvalue weighted by atomic mass is 10.2. The van der Waals surface area contributed by atoms with Crippen LogP contribution in [0.5, 0.6) is 0 Å². The molecular weight excluding hydrogens is 200 g/mol. The summed E-state index contributed by atoms with van der Waals surface area (Å²) in [6.45, 7) is 2.05. The van der Waals surface area contributed by atoms with E-state index in [0.29, 0.717) is 0 Å². The second-order valence-electron chi connectivity index (χ2n) is 2.93. The van der Waals surface area contributed by atoms with Gasteiger partial charge in [-0.15, -0.1) is 0 Å². The van der Waals surface area contributed by atoms with Crippen LogP contribution in [0.3, 0.4) is 0 Å². The fourth-order valence-corrected chi connectivity index (χ4v) is 2.04. The van der Waals surface area contributed by atoms with E-state index in [4.69, 9.17) is 11.6 Å². The predicted molar refractivity (Wildman–Crippen MR) is 62.2 cm³/mol. The van der Waals surface area contributed by atoms with Gasteiger partial charge < -0.3 is 0 Å². The van der Waals surface area contributed by atoms with Crippen LogP contribution in [0, 0.1) is 0 Å². The van der Waals surface area contributed by atoms with Crippen LogP contribution in [0.15, 0.2) is 41.4 Å². The SMILES string of the molecule is C/C(=C\Cl)CSCc1ccccc1. The first-order valence-electron chi connectivity index (χ1n) is 4.20. The average molecular weight is 213 g/mol. The molecule has 0 aliphatic carbocycles. The second-order valence-corrected chi connectivity index (χ2v) is 4.14. The molecule has 0 aromatic heterocycles. The predicted octanol–water partition coefficient (Wildman–Crippen LogP) is 4.06. The van der Waals surface area contributed by atoms with Gasteiger partial charge in [-0.05, 0) is 12.5 Å². The molecule has 0 heterocycles. The Morgan fingerprint density at radius 3 is 2.69 bits per heavy atom. The van der Waals surface area contributed by atoms with Crippen molar-refractivity contribution in [3.63, 3.8) is 0 Å². The topological polar surface area (TPSA) is 0 Å². The Morgan fingerprint density at radius 1 is 1.38 bits per heavy atom. The smallest absolute Gasteiger partial charge is 0.0187 e. The van der Waals surface area contributed by atoms with E-state index < -0.39 is 0 Å². The molecule has 70 valence electrons. The van der Waals surface area contributed by atoms with Gasteiger partial charge in [0.2, 0.25) is 0 Å². The lowest BCUT2D eigenvalue weighted by Gasteiger charge is -2.00. The van der Waals surface area contributed by atoms with Crippen molar-refractivity contribution in [2.75, 3.05) is 5.75 Å². The van der Waals surface area contributed by atoms with Crippen LogP contribution < -0.4 is 0 Å². The molecule has 0 atom stereocenters. The lowest BCUT2D eigenvalue weighted by Crippen LogP contribution is -1.83. The Labute approximate surface area is 89.0 Å². The zero-order valence-electron chi connectivity index (χ0n) is 7.66. The van der Waals surface area contributed by atoms with Gasteiger partial charge in [0.1, 0.15) is 0 Å². The maximum atomic E-state index is 5.56. The van der Waals surface area contributed by atoms with Crippen molar-refractivity contribution in [1.29, 1.82) is 0 Å². The fraction of sp³-hybridized carbons (Fsp3) is 0.273. The van der Waals surface area contributed by atoms with Crippen molar-refractivity contribution >= 4 is 23.4 Å². The maximum Gasteiger partial charge on any atom is 0.0187 e. The highest BCUT2D eigenvalue weighted by atomic mass is 35.5. The molecule has 0 saturated heterocycles. The third kappa shape index (κ3) is 4.39. The Bertz CT molecular complexity index is 267. The third-order valence-corrected chi connectivity index (χ3v) is 3.20. The van der Waals surface area contributed by atoms with Crippen LogP contribution in [0.4, 0.5) is 0 Å². The molecular formula is C11H13ClS. The highest BCUT2D eigenvalue weighted by Gasteiger charge is 1.92. The fourth-order valence-electron chi connectivity index (χ4n) is 0.936. The van der Waals surface area contributed by atoms with E-state index in [1.807, 2.05) is 24.8 Å².